The second-order valence-electron chi connectivity index (χ2n) is 11.4. The Bertz CT molecular complexity index is 1160. The number of hydrogen-bond donors (Lipinski definition) is 1. The summed E-state index contributed by atoms with van der Waals surface area (Å²) in [4.78, 5) is 16.1. The third-order valence-electron chi connectivity index (χ3n) is 8.08. The molecule has 1 aliphatic carbocycles. The maximum atomic E-state index is 14.0. The second kappa shape index (κ2) is 13.3. The summed E-state index contributed by atoms with van der Waals surface area (Å²) < 4.78 is 0. The maximum absolute atomic E-state index is 14.0. The average molecular weight is 531 g/mol. The average Bonchev–Trinajstić information content (AvgIpc) is 2.92. The Morgan fingerprint density at radius 1 is 0.842 bits per heavy atom. The molecule has 0 bridgehead atoms. The van der Waals surface area contributed by atoms with E-state index in [2.05, 4.69) is 92.5 Å². The van der Waals surface area contributed by atoms with Crippen LogP contribution in [0.25, 0.3) is 0 Å². The Labute approximate surface area is 234 Å². The first-order chi connectivity index (χ1) is 18.3. The van der Waals surface area contributed by atoms with Crippen LogP contribution in [0.4, 0.5) is 10.5 Å². The first-order valence-corrected chi connectivity index (χ1v) is 14.7. The van der Waals surface area contributed by atoms with E-state index in [1.165, 1.54) is 16.7 Å². The lowest BCUT2D eigenvalue weighted by molar-refractivity contribution is 0.161. The van der Waals surface area contributed by atoms with Crippen LogP contribution in [0.15, 0.2) is 72.8 Å². The lowest BCUT2D eigenvalue weighted by Gasteiger charge is -2.37. The molecule has 4 heteroatoms. The number of nitrogens with one attached hydrogen (secondary N) is 1. The van der Waals surface area contributed by atoms with E-state index in [-0.39, 0.29) is 12.1 Å². The fourth-order valence-corrected chi connectivity index (χ4v) is 6.14. The van der Waals surface area contributed by atoms with Crippen molar-refractivity contribution in [2.75, 3.05) is 11.9 Å². The van der Waals surface area contributed by atoms with Crippen LogP contribution in [0.1, 0.15) is 99.8 Å². The van der Waals surface area contributed by atoms with Gasteiger partial charge in [-0.05, 0) is 84.6 Å². The van der Waals surface area contributed by atoms with Crippen LogP contribution in [-0.2, 0) is 6.42 Å². The summed E-state index contributed by atoms with van der Waals surface area (Å²) in [6, 6.07) is 25.6. The van der Waals surface area contributed by atoms with Crippen LogP contribution >= 0.6 is 11.6 Å². The molecule has 2 amide bonds. The van der Waals surface area contributed by atoms with Crippen molar-refractivity contribution in [3.8, 4) is 0 Å². The molecule has 38 heavy (non-hydrogen) atoms. The van der Waals surface area contributed by atoms with Crippen molar-refractivity contribution < 1.29 is 4.79 Å². The van der Waals surface area contributed by atoms with Gasteiger partial charge in [0.15, 0.2) is 0 Å². The first-order valence-electron chi connectivity index (χ1n) is 14.3. The predicted molar refractivity (Wildman–Crippen MR) is 162 cm³/mol. The lowest BCUT2D eigenvalue weighted by atomic mass is 9.81. The molecule has 0 radical (unpaired) electrons. The first kappa shape index (κ1) is 28.2. The van der Waals surface area contributed by atoms with Gasteiger partial charge in [-0.15, -0.1) is 0 Å². The van der Waals surface area contributed by atoms with Gasteiger partial charge in [0.2, 0.25) is 0 Å². The SMILES string of the molecule is CC(C)c1cccc(C(C)C)c1NC(=O)N(CCCc1ccccc1Cl)C1CCC(c2ccccc2)CC1. The Morgan fingerprint density at radius 2 is 1.45 bits per heavy atom. The van der Waals surface area contributed by atoms with Crippen molar-refractivity contribution >= 4 is 23.3 Å². The van der Waals surface area contributed by atoms with Crippen LogP contribution < -0.4 is 5.32 Å². The molecule has 0 aromatic heterocycles. The summed E-state index contributed by atoms with van der Waals surface area (Å²) in [5, 5.41) is 4.21. The fraction of sp³-hybridized carbons (Fsp3) is 0.441. The molecular formula is C34H43ClN2O. The van der Waals surface area contributed by atoms with Gasteiger partial charge in [0.25, 0.3) is 0 Å². The van der Waals surface area contributed by atoms with Crippen LogP contribution in [0.5, 0.6) is 0 Å². The molecule has 1 aliphatic rings. The lowest BCUT2D eigenvalue weighted by Crippen LogP contribution is -2.45. The number of hydrogen-bond acceptors (Lipinski definition) is 1. The van der Waals surface area contributed by atoms with Crippen molar-refractivity contribution in [3.63, 3.8) is 0 Å². The minimum absolute atomic E-state index is 0.0299. The van der Waals surface area contributed by atoms with Crippen LogP contribution in [0, 0.1) is 0 Å². The highest BCUT2D eigenvalue weighted by Gasteiger charge is 2.30. The normalized spacial score (nSPS) is 17.6. The van der Waals surface area contributed by atoms with Gasteiger partial charge >= 0.3 is 6.03 Å². The number of para-hydroxylation sites is 1. The molecule has 0 aliphatic heterocycles. The Morgan fingerprint density at radius 3 is 2.05 bits per heavy atom. The number of anilines is 1. The van der Waals surface area contributed by atoms with Crippen molar-refractivity contribution in [1.29, 1.82) is 0 Å². The summed E-state index contributed by atoms with van der Waals surface area (Å²) >= 11 is 6.43. The van der Waals surface area contributed by atoms with E-state index in [4.69, 9.17) is 11.6 Å². The van der Waals surface area contributed by atoms with Gasteiger partial charge < -0.3 is 10.2 Å². The second-order valence-corrected chi connectivity index (χ2v) is 11.8. The van der Waals surface area contributed by atoms with Crippen LogP contribution in [-0.4, -0.2) is 23.5 Å². The van der Waals surface area contributed by atoms with Gasteiger partial charge in [-0.2, -0.15) is 0 Å². The quantitative estimate of drug-likeness (QED) is 0.293. The number of aryl methyl sites for hydroxylation is 1. The van der Waals surface area contributed by atoms with Crippen molar-refractivity contribution in [3.05, 3.63) is 100 Å². The monoisotopic (exact) mass is 530 g/mol. The maximum Gasteiger partial charge on any atom is 0.322 e. The number of amides is 2. The van der Waals surface area contributed by atoms with E-state index in [9.17, 15) is 4.79 Å². The Balaban J connectivity index is 1.53. The topological polar surface area (TPSA) is 32.3 Å². The Kier molecular flexibility index (Phi) is 9.91. The van der Waals surface area contributed by atoms with Gasteiger partial charge in [-0.1, -0.05) is 106 Å². The summed E-state index contributed by atoms with van der Waals surface area (Å²) in [6.45, 7) is 9.50. The smallest absolute Gasteiger partial charge is 0.322 e. The van der Waals surface area contributed by atoms with Crippen LogP contribution in [0.2, 0.25) is 5.02 Å². The van der Waals surface area contributed by atoms with Gasteiger partial charge in [0, 0.05) is 23.3 Å². The molecule has 0 atom stereocenters. The summed E-state index contributed by atoms with van der Waals surface area (Å²) in [7, 11) is 0. The molecule has 0 heterocycles. The molecule has 3 aromatic carbocycles. The molecule has 1 fully saturated rings. The third-order valence-corrected chi connectivity index (χ3v) is 8.45. The number of nitrogens with zero attached hydrogens (tertiary/aromatic N) is 1. The highest BCUT2D eigenvalue weighted by molar-refractivity contribution is 6.31. The number of benzene rings is 3. The van der Waals surface area contributed by atoms with E-state index >= 15 is 0 Å². The third kappa shape index (κ3) is 6.99. The number of rotatable bonds is 9. The fourth-order valence-electron chi connectivity index (χ4n) is 5.91. The minimum atomic E-state index is 0.0299. The molecule has 202 valence electrons. The number of halogens is 1. The standard InChI is InChI=1S/C34H43ClN2O/c1-24(2)30-16-10-17-31(25(3)4)33(30)36-34(38)37(23-11-15-28-14-8-9-18-32(28)35)29-21-19-27(20-22-29)26-12-6-5-7-13-26/h5-10,12-14,16-18,24-25,27,29H,11,15,19-23H2,1-4H3,(H,36,38). The summed E-state index contributed by atoms with van der Waals surface area (Å²) in [6.07, 6.45) is 6.04. The van der Waals surface area contributed by atoms with Crippen molar-refractivity contribution in [2.45, 2.75) is 90.0 Å². The van der Waals surface area contributed by atoms with Crippen molar-refractivity contribution in [1.82, 2.24) is 4.90 Å². The molecular weight excluding hydrogens is 488 g/mol. The van der Waals surface area contributed by atoms with Gasteiger partial charge in [-0.3, -0.25) is 0 Å². The molecule has 1 N–H and O–H groups in total. The summed E-state index contributed by atoms with van der Waals surface area (Å²) in [5.74, 6) is 1.24. The van der Waals surface area contributed by atoms with Gasteiger partial charge in [0.1, 0.15) is 0 Å². The number of urea groups is 1. The van der Waals surface area contributed by atoms with E-state index in [1.54, 1.807) is 0 Å². The van der Waals surface area contributed by atoms with Gasteiger partial charge in [0.05, 0.1) is 0 Å². The molecule has 0 unspecified atom stereocenters. The zero-order valence-electron chi connectivity index (χ0n) is 23.4. The molecule has 4 rings (SSSR count). The zero-order valence-corrected chi connectivity index (χ0v) is 24.2. The van der Waals surface area contributed by atoms with E-state index in [0.717, 1.165) is 61.3 Å². The van der Waals surface area contributed by atoms with E-state index in [1.807, 2.05) is 18.2 Å². The largest absolute Gasteiger partial charge is 0.322 e. The zero-order chi connectivity index (χ0) is 27.1. The molecule has 3 nitrogen and oxygen atoms in total. The van der Waals surface area contributed by atoms with E-state index in [0.29, 0.717) is 17.8 Å². The van der Waals surface area contributed by atoms with Crippen LogP contribution in [0.3, 0.4) is 0 Å². The van der Waals surface area contributed by atoms with Gasteiger partial charge in [-0.25, -0.2) is 4.79 Å². The van der Waals surface area contributed by atoms with Crippen molar-refractivity contribution in [2.24, 2.45) is 0 Å². The number of carbonyl (C=O) groups excluding carboxylic acids is 1. The predicted octanol–water partition coefficient (Wildman–Crippen LogP) is 9.78. The molecule has 3 aromatic rings. The highest BCUT2D eigenvalue weighted by Crippen LogP contribution is 2.36. The Hall–Kier alpha value is -2.78. The minimum Gasteiger partial charge on any atom is -0.322 e. The summed E-state index contributed by atoms with van der Waals surface area (Å²) in [5.41, 5.74) is 5.97. The molecule has 1 saturated carbocycles. The molecule has 0 spiro atoms. The molecule has 0 saturated heterocycles. The highest BCUT2D eigenvalue weighted by atomic mass is 35.5. The van der Waals surface area contributed by atoms with E-state index < -0.39 is 0 Å². The number of carbonyl (C=O) groups is 1.